The number of hydrogen-bond donors (Lipinski definition) is 1. The van der Waals surface area contributed by atoms with Crippen LogP contribution in [0.2, 0.25) is 0 Å². The number of carbonyl (C=O) groups excluding carboxylic acids is 1. The van der Waals surface area contributed by atoms with Crippen molar-refractivity contribution < 1.29 is 9.32 Å². The molecule has 0 atom stereocenters. The number of rotatable bonds is 5. The SMILES string of the molecule is Cc1nc(CN2CCCN(CC(=O)Nc3ccncc3)CC2)no1. The highest BCUT2D eigenvalue weighted by atomic mass is 16.5. The van der Waals surface area contributed by atoms with Crippen LogP contribution in [0.1, 0.15) is 18.1 Å². The fourth-order valence-electron chi connectivity index (χ4n) is 2.78. The van der Waals surface area contributed by atoms with E-state index in [0.717, 1.165) is 44.1 Å². The van der Waals surface area contributed by atoms with Gasteiger partial charge in [0, 0.05) is 38.1 Å². The number of amides is 1. The minimum atomic E-state index is 0.00319. The van der Waals surface area contributed by atoms with Gasteiger partial charge in [-0.2, -0.15) is 4.98 Å². The van der Waals surface area contributed by atoms with Crippen molar-refractivity contribution in [1.29, 1.82) is 0 Å². The van der Waals surface area contributed by atoms with Gasteiger partial charge in [0.2, 0.25) is 11.8 Å². The molecule has 0 bridgehead atoms. The fraction of sp³-hybridized carbons (Fsp3) is 0.500. The highest BCUT2D eigenvalue weighted by Crippen LogP contribution is 2.08. The summed E-state index contributed by atoms with van der Waals surface area (Å²) in [5.41, 5.74) is 0.777. The van der Waals surface area contributed by atoms with Gasteiger partial charge >= 0.3 is 0 Å². The molecule has 1 saturated heterocycles. The van der Waals surface area contributed by atoms with Crippen molar-refractivity contribution in [2.75, 3.05) is 38.0 Å². The maximum absolute atomic E-state index is 12.1. The molecule has 0 aliphatic carbocycles. The van der Waals surface area contributed by atoms with Crippen LogP contribution in [0.15, 0.2) is 29.0 Å². The molecule has 1 fully saturated rings. The van der Waals surface area contributed by atoms with Crippen LogP contribution in [0, 0.1) is 6.92 Å². The van der Waals surface area contributed by atoms with Crippen LogP contribution in [0.5, 0.6) is 0 Å². The molecule has 3 rings (SSSR count). The Labute approximate surface area is 140 Å². The average molecular weight is 330 g/mol. The van der Waals surface area contributed by atoms with Crippen molar-refractivity contribution in [2.24, 2.45) is 0 Å². The van der Waals surface area contributed by atoms with E-state index in [4.69, 9.17) is 4.52 Å². The normalized spacial score (nSPS) is 16.7. The first-order valence-corrected chi connectivity index (χ1v) is 8.13. The Morgan fingerprint density at radius 3 is 2.71 bits per heavy atom. The van der Waals surface area contributed by atoms with Gasteiger partial charge in [0.1, 0.15) is 0 Å². The van der Waals surface area contributed by atoms with Crippen molar-refractivity contribution in [3.63, 3.8) is 0 Å². The van der Waals surface area contributed by atoms with Crippen molar-refractivity contribution in [3.05, 3.63) is 36.2 Å². The van der Waals surface area contributed by atoms with E-state index < -0.39 is 0 Å². The third-order valence-electron chi connectivity index (χ3n) is 3.95. The zero-order valence-corrected chi connectivity index (χ0v) is 13.8. The molecule has 0 radical (unpaired) electrons. The monoisotopic (exact) mass is 330 g/mol. The van der Waals surface area contributed by atoms with Gasteiger partial charge in [-0.3, -0.25) is 19.6 Å². The first-order valence-electron chi connectivity index (χ1n) is 8.13. The molecule has 2 aromatic rings. The summed E-state index contributed by atoms with van der Waals surface area (Å²) in [6.07, 6.45) is 4.34. The first kappa shape index (κ1) is 16.5. The second-order valence-electron chi connectivity index (χ2n) is 5.92. The van der Waals surface area contributed by atoms with E-state index in [1.54, 1.807) is 31.5 Å². The molecular formula is C16H22N6O2. The van der Waals surface area contributed by atoms with Gasteiger partial charge in [-0.05, 0) is 31.6 Å². The summed E-state index contributed by atoms with van der Waals surface area (Å²) in [5, 5.41) is 6.84. The molecule has 1 N–H and O–H groups in total. The largest absolute Gasteiger partial charge is 0.340 e. The number of anilines is 1. The van der Waals surface area contributed by atoms with E-state index in [2.05, 4.69) is 30.2 Å². The molecule has 8 heteroatoms. The number of carbonyl (C=O) groups is 1. The fourth-order valence-corrected chi connectivity index (χ4v) is 2.78. The number of aromatic nitrogens is 3. The van der Waals surface area contributed by atoms with Gasteiger partial charge in [-0.25, -0.2) is 0 Å². The predicted octanol–water partition coefficient (Wildman–Crippen LogP) is 0.919. The second-order valence-corrected chi connectivity index (χ2v) is 5.92. The van der Waals surface area contributed by atoms with Crippen LogP contribution in [-0.2, 0) is 11.3 Å². The van der Waals surface area contributed by atoms with Gasteiger partial charge in [0.05, 0.1) is 13.1 Å². The zero-order chi connectivity index (χ0) is 16.8. The minimum Gasteiger partial charge on any atom is -0.340 e. The van der Waals surface area contributed by atoms with Crippen LogP contribution < -0.4 is 5.32 Å². The molecule has 8 nitrogen and oxygen atoms in total. The molecule has 1 aliphatic rings. The molecule has 0 unspecified atom stereocenters. The van der Waals surface area contributed by atoms with Crippen LogP contribution >= 0.6 is 0 Å². The summed E-state index contributed by atoms with van der Waals surface area (Å²) in [7, 11) is 0. The summed E-state index contributed by atoms with van der Waals surface area (Å²) in [5.74, 6) is 1.31. The van der Waals surface area contributed by atoms with E-state index in [1.807, 2.05) is 0 Å². The van der Waals surface area contributed by atoms with Crippen molar-refractivity contribution in [2.45, 2.75) is 19.9 Å². The summed E-state index contributed by atoms with van der Waals surface area (Å²) in [6, 6.07) is 3.57. The van der Waals surface area contributed by atoms with Crippen LogP contribution in [0.25, 0.3) is 0 Å². The molecule has 128 valence electrons. The average Bonchev–Trinajstić information content (AvgIpc) is 2.85. The number of hydrogen-bond acceptors (Lipinski definition) is 7. The lowest BCUT2D eigenvalue weighted by Gasteiger charge is -2.20. The van der Waals surface area contributed by atoms with Crippen molar-refractivity contribution in [1.82, 2.24) is 24.9 Å². The second kappa shape index (κ2) is 7.98. The highest BCUT2D eigenvalue weighted by molar-refractivity contribution is 5.92. The van der Waals surface area contributed by atoms with Gasteiger partial charge < -0.3 is 9.84 Å². The van der Waals surface area contributed by atoms with E-state index in [1.165, 1.54) is 0 Å². The number of nitrogens with zero attached hydrogens (tertiary/aromatic N) is 5. The van der Waals surface area contributed by atoms with Gasteiger partial charge in [0.15, 0.2) is 5.82 Å². The Morgan fingerprint density at radius 1 is 1.21 bits per heavy atom. The summed E-state index contributed by atoms with van der Waals surface area (Å²) >= 11 is 0. The van der Waals surface area contributed by atoms with Crippen molar-refractivity contribution >= 4 is 11.6 Å². The van der Waals surface area contributed by atoms with E-state index in [0.29, 0.717) is 19.0 Å². The predicted molar refractivity (Wildman–Crippen MR) is 88.2 cm³/mol. The van der Waals surface area contributed by atoms with Crippen LogP contribution in [-0.4, -0.2) is 63.6 Å². The van der Waals surface area contributed by atoms with Crippen molar-refractivity contribution in [3.8, 4) is 0 Å². The Kier molecular flexibility index (Phi) is 5.50. The quantitative estimate of drug-likeness (QED) is 0.872. The Hall–Kier alpha value is -2.32. The smallest absolute Gasteiger partial charge is 0.238 e. The molecule has 1 aliphatic heterocycles. The number of aryl methyl sites for hydroxylation is 1. The lowest BCUT2D eigenvalue weighted by Crippen LogP contribution is -2.36. The Morgan fingerprint density at radius 2 is 1.96 bits per heavy atom. The van der Waals surface area contributed by atoms with E-state index in [-0.39, 0.29) is 5.91 Å². The standard InChI is InChI=1S/C16H22N6O2/c1-13-18-15(20-24-13)11-21-7-2-8-22(10-9-21)12-16(23)19-14-3-5-17-6-4-14/h3-6H,2,7-12H2,1H3,(H,17,19,23). The molecule has 24 heavy (non-hydrogen) atoms. The summed E-state index contributed by atoms with van der Waals surface area (Å²) < 4.78 is 5.01. The molecular weight excluding hydrogens is 308 g/mol. The molecule has 0 saturated carbocycles. The van der Waals surface area contributed by atoms with Gasteiger partial charge in [0.25, 0.3) is 0 Å². The Bertz CT molecular complexity index is 660. The molecule has 2 aromatic heterocycles. The topological polar surface area (TPSA) is 87.4 Å². The van der Waals surface area contributed by atoms with Gasteiger partial charge in [-0.1, -0.05) is 5.16 Å². The maximum Gasteiger partial charge on any atom is 0.238 e. The lowest BCUT2D eigenvalue weighted by molar-refractivity contribution is -0.117. The number of pyridine rings is 1. The third-order valence-corrected chi connectivity index (χ3v) is 3.95. The maximum atomic E-state index is 12.1. The van der Waals surface area contributed by atoms with Crippen LogP contribution in [0.3, 0.4) is 0 Å². The van der Waals surface area contributed by atoms with E-state index >= 15 is 0 Å². The minimum absolute atomic E-state index is 0.00319. The zero-order valence-electron chi connectivity index (χ0n) is 13.8. The summed E-state index contributed by atoms with van der Waals surface area (Å²) in [6.45, 7) is 6.49. The first-order chi connectivity index (χ1) is 11.7. The summed E-state index contributed by atoms with van der Waals surface area (Å²) in [4.78, 5) is 24.8. The lowest BCUT2D eigenvalue weighted by atomic mass is 10.3. The van der Waals surface area contributed by atoms with Gasteiger partial charge in [-0.15, -0.1) is 0 Å². The number of nitrogens with one attached hydrogen (secondary N) is 1. The molecule has 3 heterocycles. The van der Waals surface area contributed by atoms with Crippen LogP contribution in [0.4, 0.5) is 5.69 Å². The Balaban J connectivity index is 1.45. The van der Waals surface area contributed by atoms with E-state index in [9.17, 15) is 4.79 Å². The third kappa shape index (κ3) is 4.84. The molecule has 0 aromatic carbocycles. The molecule has 0 spiro atoms. The highest BCUT2D eigenvalue weighted by Gasteiger charge is 2.18. The molecule has 1 amide bonds.